The van der Waals surface area contributed by atoms with Crippen LogP contribution in [-0.4, -0.2) is 20.9 Å². The fraction of sp³-hybridized carbons (Fsp3) is 0. The van der Waals surface area contributed by atoms with Gasteiger partial charge < -0.3 is 9.84 Å². The zero-order chi connectivity index (χ0) is 19.1. The summed E-state index contributed by atoms with van der Waals surface area (Å²) in [7, 11) is 0. The number of carbonyl (C=O) groups excluding carboxylic acids is 1. The number of rotatable bonds is 6. The highest BCUT2D eigenvalue weighted by molar-refractivity contribution is 5.85. The van der Waals surface area contributed by atoms with Gasteiger partial charge in [-0.2, -0.15) is 10.2 Å². The van der Waals surface area contributed by atoms with E-state index < -0.39 is 32.9 Å². The monoisotopic (exact) mass is 358 g/mol. The number of esters is 1. The van der Waals surface area contributed by atoms with E-state index >= 15 is 0 Å². The normalized spacial score (nSPS) is 10.9. The molecule has 0 aromatic heterocycles. The molecule has 0 saturated carbocycles. The van der Waals surface area contributed by atoms with Crippen LogP contribution < -0.4 is 4.74 Å². The summed E-state index contributed by atoms with van der Waals surface area (Å²) in [6, 6.07) is 8.78. The molecule has 0 unspecified atom stereocenters. The maximum Gasteiger partial charge on any atom is 0.338 e. The lowest BCUT2D eigenvalue weighted by Crippen LogP contribution is -2.08. The van der Waals surface area contributed by atoms with Crippen LogP contribution in [-0.2, 0) is 4.79 Å². The van der Waals surface area contributed by atoms with Gasteiger partial charge in [-0.1, -0.05) is 0 Å². The van der Waals surface area contributed by atoms with Crippen molar-refractivity contribution in [3.05, 3.63) is 75.0 Å². The summed E-state index contributed by atoms with van der Waals surface area (Å²) in [5.41, 5.74) is -1.03. The predicted molar refractivity (Wildman–Crippen MR) is 87.1 cm³/mol. The van der Waals surface area contributed by atoms with Gasteiger partial charge >= 0.3 is 17.3 Å². The first-order valence-corrected chi connectivity index (χ1v) is 6.88. The van der Waals surface area contributed by atoms with Crippen molar-refractivity contribution in [3.8, 4) is 11.5 Å². The molecule has 0 spiro atoms. The maximum atomic E-state index is 11.7. The van der Waals surface area contributed by atoms with E-state index in [9.17, 15) is 25.0 Å². The van der Waals surface area contributed by atoms with E-state index in [0.29, 0.717) is 5.69 Å². The van der Waals surface area contributed by atoms with Crippen molar-refractivity contribution in [2.24, 2.45) is 10.2 Å². The predicted octanol–water partition coefficient (Wildman–Crippen LogP) is 3.41. The number of para-hydroxylation sites is 1. The van der Waals surface area contributed by atoms with Crippen LogP contribution in [0.25, 0.3) is 0 Å². The molecule has 0 aliphatic carbocycles. The summed E-state index contributed by atoms with van der Waals surface area (Å²) >= 11 is 0. The van der Waals surface area contributed by atoms with E-state index in [1.54, 1.807) is 0 Å². The van der Waals surface area contributed by atoms with Gasteiger partial charge in [0.15, 0.2) is 0 Å². The molecule has 2 aromatic carbocycles. The lowest BCUT2D eigenvalue weighted by molar-refractivity contribution is -0.395. The van der Waals surface area contributed by atoms with Crippen LogP contribution >= 0.6 is 0 Å². The number of nitro benzene ring substituents is 2. The lowest BCUT2D eigenvalue weighted by Gasteiger charge is -2.03. The summed E-state index contributed by atoms with van der Waals surface area (Å²) < 4.78 is 4.72. The molecule has 132 valence electrons. The third-order valence-corrected chi connectivity index (χ3v) is 2.87. The summed E-state index contributed by atoms with van der Waals surface area (Å²) in [6.07, 6.45) is 1.75. The Morgan fingerprint density at radius 2 is 1.62 bits per heavy atom. The number of carbonyl (C=O) groups is 1. The largest absolute Gasteiger partial charge is 0.508 e. The quantitative estimate of drug-likeness (QED) is 0.207. The van der Waals surface area contributed by atoms with Crippen molar-refractivity contribution in [1.29, 1.82) is 0 Å². The average Bonchev–Trinajstić information content (AvgIpc) is 2.60. The standard InChI is InChI=1S/C15H10N4O7/c20-11-6-4-10(5-7-11)17-16-9-8-14(21)26-15-12(18(22)23)2-1-3-13(15)19(24)25/h1-9,20H/b9-8+,17-16?. The van der Waals surface area contributed by atoms with Crippen molar-refractivity contribution in [1.82, 2.24) is 0 Å². The Balaban J connectivity index is 2.13. The zero-order valence-electron chi connectivity index (χ0n) is 12.9. The minimum absolute atomic E-state index is 0.0501. The van der Waals surface area contributed by atoms with E-state index in [1.807, 2.05) is 0 Å². The van der Waals surface area contributed by atoms with Gasteiger partial charge in [-0.25, -0.2) is 4.79 Å². The number of benzene rings is 2. The Morgan fingerprint density at radius 1 is 1.04 bits per heavy atom. The summed E-state index contributed by atoms with van der Waals surface area (Å²) in [6.45, 7) is 0. The molecule has 0 radical (unpaired) electrons. The molecule has 11 nitrogen and oxygen atoms in total. The molecule has 0 fully saturated rings. The lowest BCUT2D eigenvalue weighted by atomic mass is 10.2. The van der Waals surface area contributed by atoms with Crippen LogP contribution in [0.3, 0.4) is 0 Å². The fourth-order valence-corrected chi connectivity index (χ4v) is 1.75. The third kappa shape index (κ3) is 4.67. The van der Waals surface area contributed by atoms with Gasteiger partial charge in [0, 0.05) is 18.2 Å². The number of hydrogen-bond donors (Lipinski definition) is 1. The van der Waals surface area contributed by atoms with Gasteiger partial charge in [0.25, 0.3) is 5.75 Å². The minimum atomic E-state index is -1.10. The smallest absolute Gasteiger partial charge is 0.338 e. The van der Waals surface area contributed by atoms with Crippen LogP contribution in [0.4, 0.5) is 17.1 Å². The molecule has 0 heterocycles. The Labute approximate surface area is 145 Å². The van der Waals surface area contributed by atoms with Crippen molar-refractivity contribution < 1.29 is 24.5 Å². The van der Waals surface area contributed by atoms with Gasteiger partial charge in [-0.15, -0.1) is 0 Å². The summed E-state index contributed by atoms with van der Waals surface area (Å²) in [5.74, 6) is -1.83. The number of ether oxygens (including phenoxy) is 1. The molecule has 0 bridgehead atoms. The molecule has 0 aliphatic heterocycles. The number of phenols is 1. The van der Waals surface area contributed by atoms with Crippen LogP contribution in [0.15, 0.2) is 65.0 Å². The Bertz CT molecular complexity index is 874. The number of aromatic hydroxyl groups is 1. The van der Waals surface area contributed by atoms with Gasteiger partial charge in [0.05, 0.1) is 21.7 Å². The number of phenolic OH excluding ortho intramolecular Hbond substituents is 1. The van der Waals surface area contributed by atoms with Crippen LogP contribution in [0.1, 0.15) is 0 Å². The number of azo groups is 1. The minimum Gasteiger partial charge on any atom is -0.508 e. The first-order chi connectivity index (χ1) is 12.4. The second-order valence-corrected chi connectivity index (χ2v) is 4.61. The van der Waals surface area contributed by atoms with Gasteiger partial charge in [-0.05, 0) is 30.3 Å². The molecule has 0 atom stereocenters. The van der Waals surface area contributed by atoms with E-state index in [-0.39, 0.29) is 5.75 Å². The molecule has 0 aliphatic rings. The van der Waals surface area contributed by atoms with Crippen molar-refractivity contribution in [2.45, 2.75) is 0 Å². The van der Waals surface area contributed by atoms with E-state index in [0.717, 1.165) is 30.5 Å². The van der Waals surface area contributed by atoms with Crippen molar-refractivity contribution >= 4 is 23.0 Å². The number of nitro groups is 2. The Hall–Kier alpha value is -4.15. The van der Waals surface area contributed by atoms with Crippen molar-refractivity contribution in [3.63, 3.8) is 0 Å². The molecular weight excluding hydrogens is 348 g/mol. The Kier molecular flexibility index (Phi) is 5.67. The molecule has 1 N–H and O–H groups in total. The number of nitrogens with zero attached hydrogens (tertiary/aromatic N) is 4. The molecule has 11 heteroatoms. The molecule has 0 saturated heterocycles. The maximum absolute atomic E-state index is 11.7. The molecule has 0 amide bonds. The molecular formula is C15H10N4O7. The SMILES string of the molecule is O=C(/C=C/N=Nc1ccc(O)cc1)Oc1c([N+](=O)[O-])cccc1[N+](=O)[O-]. The van der Waals surface area contributed by atoms with E-state index in [2.05, 4.69) is 10.2 Å². The average molecular weight is 358 g/mol. The zero-order valence-corrected chi connectivity index (χ0v) is 12.9. The fourth-order valence-electron chi connectivity index (χ4n) is 1.75. The molecule has 2 rings (SSSR count). The van der Waals surface area contributed by atoms with Gasteiger partial charge in [-0.3, -0.25) is 20.2 Å². The first-order valence-electron chi connectivity index (χ1n) is 6.88. The van der Waals surface area contributed by atoms with Crippen molar-refractivity contribution in [2.75, 3.05) is 0 Å². The second kappa shape index (κ2) is 8.10. The Morgan fingerprint density at radius 3 is 2.15 bits per heavy atom. The van der Waals surface area contributed by atoms with Crippen LogP contribution in [0, 0.1) is 20.2 Å². The highest BCUT2D eigenvalue weighted by atomic mass is 16.6. The van der Waals surface area contributed by atoms with Gasteiger partial charge in [0.2, 0.25) is 0 Å². The number of hydrogen-bond acceptors (Lipinski definition) is 9. The highest BCUT2D eigenvalue weighted by Crippen LogP contribution is 2.36. The van der Waals surface area contributed by atoms with E-state index in [4.69, 9.17) is 9.84 Å². The van der Waals surface area contributed by atoms with Crippen LogP contribution in [0.5, 0.6) is 11.5 Å². The van der Waals surface area contributed by atoms with Gasteiger partial charge in [0.1, 0.15) is 5.75 Å². The molecule has 2 aromatic rings. The van der Waals surface area contributed by atoms with Crippen LogP contribution in [0.2, 0.25) is 0 Å². The third-order valence-electron chi connectivity index (χ3n) is 2.87. The van der Waals surface area contributed by atoms with E-state index in [1.165, 1.54) is 24.3 Å². The topological polar surface area (TPSA) is 158 Å². The molecule has 26 heavy (non-hydrogen) atoms. The summed E-state index contributed by atoms with van der Waals surface area (Å²) in [5, 5.41) is 38.3. The second-order valence-electron chi connectivity index (χ2n) is 4.61. The first kappa shape index (κ1) is 18.2. The highest BCUT2D eigenvalue weighted by Gasteiger charge is 2.28. The summed E-state index contributed by atoms with van der Waals surface area (Å²) in [4.78, 5) is 31.8.